The van der Waals surface area contributed by atoms with Crippen LogP contribution in [0.2, 0.25) is 0 Å². The van der Waals surface area contributed by atoms with E-state index in [-0.39, 0.29) is 73.5 Å². The normalized spacial score (nSPS) is 14.7. The largest absolute Gasteiger partial charge is 0.497 e. The summed E-state index contributed by atoms with van der Waals surface area (Å²) in [5.74, 6) is -5.01. The van der Waals surface area contributed by atoms with Gasteiger partial charge in [-0.15, -0.1) is 9.81 Å². The van der Waals surface area contributed by atoms with Gasteiger partial charge in [-0.2, -0.15) is 11.8 Å². The number of carbonyl (C=O) groups excluding carboxylic acids is 9. The van der Waals surface area contributed by atoms with E-state index < -0.39 is 96.6 Å². The Morgan fingerprint density at radius 2 is 1.51 bits per heavy atom. The molecule has 0 spiro atoms. The fourth-order valence-corrected chi connectivity index (χ4v) is 9.85. The molecule has 28 heteroatoms. The first-order valence-electron chi connectivity index (χ1n) is 27.2. The van der Waals surface area contributed by atoms with E-state index in [9.17, 15) is 53.0 Å². The number of nitrogens with one attached hydrogen (secondary N) is 7. The number of guanidine groups is 1. The summed E-state index contributed by atoms with van der Waals surface area (Å²) in [5, 5.41) is 24.2. The smallest absolute Gasteiger partial charge is 0.245 e. The van der Waals surface area contributed by atoms with Crippen molar-refractivity contribution in [2.75, 3.05) is 57.2 Å². The molecule has 27 nitrogen and oxygen atoms in total. The van der Waals surface area contributed by atoms with Crippen LogP contribution in [0.1, 0.15) is 76.8 Å². The molecule has 6 unspecified atom stereocenters. The van der Waals surface area contributed by atoms with Crippen molar-refractivity contribution in [2.24, 2.45) is 38.5 Å². The first kappa shape index (κ1) is 67.6. The minimum absolute atomic E-state index is 0.0271. The number of nitrogens with two attached hydrogens (primary N) is 3. The van der Waals surface area contributed by atoms with Crippen molar-refractivity contribution in [1.82, 2.24) is 36.8 Å². The molecule has 1 heterocycles. The minimum atomic E-state index is -1.55. The Hall–Kier alpha value is -8.95. The number of benzene rings is 3. The van der Waals surface area contributed by atoms with E-state index in [1.807, 2.05) is 44.2 Å². The van der Waals surface area contributed by atoms with Gasteiger partial charge in [-0.3, -0.25) is 48.1 Å². The highest BCUT2D eigenvalue weighted by Crippen LogP contribution is 2.33. The van der Waals surface area contributed by atoms with Crippen molar-refractivity contribution in [2.45, 2.75) is 108 Å². The summed E-state index contributed by atoms with van der Waals surface area (Å²) in [6.07, 6.45) is 4.20. The number of methoxy groups -OCH3 is 2. The van der Waals surface area contributed by atoms with Gasteiger partial charge < -0.3 is 68.8 Å². The number of nitrogens with zero attached hydrogens (tertiary/aromatic N) is 4. The number of amides is 8. The molecule has 0 aromatic heterocycles. The number of rotatable bonds is 36. The second kappa shape index (κ2) is 35.1. The van der Waals surface area contributed by atoms with Gasteiger partial charge in [0.1, 0.15) is 65.4 Å². The maximum atomic E-state index is 14.4. The van der Waals surface area contributed by atoms with Crippen molar-refractivity contribution in [3.8, 4) is 11.5 Å². The number of hydrogen-bond acceptors (Lipinski definition) is 18. The Kier molecular flexibility index (Phi) is 28.3. The van der Waals surface area contributed by atoms with Crippen molar-refractivity contribution in [3.63, 3.8) is 0 Å². The number of hydrogen-bond donors (Lipinski definition) is 10. The summed E-state index contributed by atoms with van der Waals surface area (Å²) >= 11 is 1.33. The van der Waals surface area contributed by atoms with Gasteiger partial charge in [0.05, 0.1) is 32.9 Å². The van der Waals surface area contributed by atoms with Gasteiger partial charge in [0, 0.05) is 37.0 Å². The zero-order valence-corrected chi connectivity index (χ0v) is 48.5. The van der Waals surface area contributed by atoms with Gasteiger partial charge >= 0.3 is 0 Å². The second-order valence-corrected chi connectivity index (χ2v) is 21.1. The molecule has 6 atom stereocenters. The summed E-state index contributed by atoms with van der Waals surface area (Å²) in [5.41, 5.74) is 17.9. The van der Waals surface area contributed by atoms with E-state index in [2.05, 4.69) is 52.6 Å². The van der Waals surface area contributed by atoms with Gasteiger partial charge in [0.25, 0.3) is 0 Å². The maximum absolute atomic E-state index is 14.4. The van der Waals surface area contributed by atoms with Crippen molar-refractivity contribution >= 4 is 93.9 Å². The average molecular weight is 1190 g/mol. The standard InChI is InChI=1S/C56H76N14O13S/c1-33(2)26-43(66-55(79)46-16-10-23-70(46)49(73)27-36(21-24-71)39-19-18-38(82-4)29-47(39)83-5)52(76)62-31-48(72)64-45(32-84-25-11-14-35-12-7-6-8-13-35)54(78)67-44(30-61-40-20-17-37(68-80)28-42(40)69-81)53(77)63-34(3)51(75)65-41(50(57)74)15-9-22-60-56(58)59/h6-8,12-13,17-21,24,28-29,33-34,41,43-46,61H,9-11,14-16,22-23,25-27,30-32H2,1-5H3,(H2,57,74)(H,62,76)(H,63,77)(H,64,72)(H,65,75)(H,66,79)(H,67,78)(H4,58,59,60)/b36-21-. The number of anilines is 1. The molecule has 3 aromatic carbocycles. The second-order valence-electron chi connectivity index (χ2n) is 20.0. The van der Waals surface area contributed by atoms with E-state index in [4.69, 9.17) is 26.7 Å². The number of aliphatic imine (C=N–C) groups is 1. The molecule has 1 aliphatic rings. The molecule has 0 saturated carbocycles. The predicted octanol–water partition coefficient (Wildman–Crippen LogP) is 2.09. The lowest BCUT2D eigenvalue weighted by atomic mass is 10.00. The summed E-state index contributed by atoms with van der Waals surface area (Å²) < 4.78 is 10.8. The van der Waals surface area contributed by atoms with Crippen LogP contribution in [0.3, 0.4) is 0 Å². The molecule has 3 aromatic rings. The zero-order valence-electron chi connectivity index (χ0n) is 47.7. The fraction of sp³-hybridized carbons (Fsp3) is 0.464. The fourth-order valence-electron chi connectivity index (χ4n) is 8.87. The molecule has 1 saturated heterocycles. The number of aryl methyl sites for hydroxylation is 1. The van der Waals surface area contributed by atoms with Crippen molar-refractivity contribution < 1.29 is 52.6 Å². The molecule has 4 rings (SSSR count). The molecule has 0 radical (unpaired) electrons. The van der Waals surface area contributed by atoms with Gasteiger partial charge in [-0.1, -0.05) is 44.2 Å². The van der Waals surface area contributed by atoms with E-state index in [1.165, 1.54) is 56.0 Å². The Bertz CT molecular complexity index is 2850. The Morgan fingerprint density at radius 3 is 2.17 bits per heavy atom. The lowest BCUT2D eigenvalue weighted by Crippen LogP contribution is -2.60. The van der Waals surface area contributed by atoms with Crippen LogP contribution in [0, 0.1) is 15.7 Å². The molecular formula is C56H76N14O13S. The number of primary amides is 1. The summed E-state index contributed by atoms with van der Waals surface area (Å²) in [6, 6.07) is 10.8. The highest BCUT2D eigenvalue weighted by atomic mass is 32.2. The Labute approximate surface area is 490 Å². The first-order valence-corrected chi connectivity index (χ1v) is 28.3. The van der Waals surface area contributed by atoms with Crippen LogP contribution in [-0.4, -0.2) is 153 Å². The quantitative estimate of drug-likeness (QED) is 0.00995. The molecule has 13 N–H and O–H groups in total. The van der Waals surface area contributed by atoms with Crippen molar-refractivity contribution in [1.29, 1.82) is 0 Å². The van der Waals surface area contributed by atoms with Crippen LogP contribution >= 0.6 is 11.8 Å². The first-order chi connectivity index (χ1) is 40.2. The molecule has 8 amide bonds. The SMILES string of the molecule is COc1ccc(/C(=C\C=O)CC(=O)N2CCCC2C(=O)NC(CC(C)C)C(=O)NCC(=O)NC(CSCCCc2ccccc2)C(=O)NC(CNc2ccc(N=O)cc2N=O)C(=O)NC(C)C(=O)NC(CCCN=C(N)N)C(N)=O)c(OC)c1. The van der Waals surface area contributed by atoms with Gasteiger partial charge in [-0.25, -0.2) is 0 Å². The van der Waals surface area contributed by atoms with Crippen LogP contribution in [0.5, 0.6) is 11.5 Å². The third-order valence-electron chi connectivity index (χ3n) is 13.2. The summed E-state index contributed by atoms with van der Waals surface area (Å²) in [4.78, 5) is 150. The van der Waals surface area contributed by atoms with Gasteiger partial charge in [0.15, 0.2) is 5.96 Å². The van der Waals surface area contributed by atoms with Crippen LogP contribution in [-0.2, 0) is 49.6 Å². The minimum Gasteiger partial charge on any atom is -0.497 e. The maximum Gasteiger partial charge on any atom is 0.245 e. The average Bonchev–Trinajstić information content (AvgIpc) is 4.18. The number of nitroso groups, excluding NO2 is 2. The number of carbonyl (C=O) groups is 9. The number of likely N-dealkylation sites (tertiary alicyclic amines) is 1. The van der Waals surface area contributed by atoms with Crippen LogP contribution in [0.25, 0.3) is 5.57 Å². The number of allylic oxidation sites excluding steroid dienone is 1. The molecule has 0 bridgehead atoms. The Balaban J connectivity index is 1.52. The lowest BCUT2D eigenvalue weighted by molar-refractivity contribution is -0.139. The molecule has 1 aliphatic heterocycles. The monoisotopic (exact) mass is 1180 g/mol. The lowest BCUT2D eigenvalue weighted by Gasteiger charge is -2.27. The van der Waals surface area contributed by atoms with Crippen LogP contribution in [0.15, 0.2) is 88.2 Å². The number of ether oxygens (including phenoxy) is 2. The van der Waals surface area contributed by atoms with Crippen LogP contribution < -0.4 is 63.9 Å². The summed E-state index contributed by atoms with van der Waals surface area (Å²) in [6.45, 7) is 4.24. The van der Waals surface area contributed by atoms with Gasteiger partial charge in [0.2, 0.25) is 47.3 Å². The molecule has 84 heavy (non-hydrogen) atoms. The molecular weight excluding hydrogens is 1110 g/mol. The molecule has 0 aliphatic carbocycles. The van der Waals surface area contributed by atoms with E-state index in [0.717, 1.165) is 11.6 Å². The van der Waals surface area contributed by atoms with Crippen molar-refractivity contribution in [3.05, 3.63) is 93.7 Å². The summed E-state index contributed by atoms with van der Waals surface area (Å²) in [7, 11) is 2.93. The molecule has 454 valence electrons. The Morgan fingerprint density at radius 1 is 0.786 bits per heavy atom. The van der Waals surface area contributed by atoms with E-state index >= 15 is 0 Å². The molecule has 1 fully saturated rings. The third-order valence-corrected chi connectivity index (χ3v) is 14.4. The van der Waals surface area contributed by atoms with E-state index in [1.54, 1.807) is 18.2 Å². The number of aldehydes is 1. The highest BCUT2D eigenvalue weighted by molar-refractivity contribution is 7.99. The highest BCUT2D eigenvalue weighted by Gasteiger charge is 2.37. The van der Waals surface area contributed by atoms with Gasteiger partial charge in [-0.05, 0) is 121 Å². The number of thioether (sulfide) groups is 1. The van der Waals surface area contributed by atoms with E-state index in [0.29, 0.717) is 60.4 Å². The third kappa shape index (κ3) is 22.1. The van der Waals surface area contributed by atoms with Crippen LogP contribution in [0.4, 0.5) is 17.1 Å². The predicted molar refractivity (Wildman–Crippen MR) is 318 cm³/mol. The zero-order chi connectivity index (χ0) is 61.7. The topological polar surface area (TPSA) is 409 Å².